The summed E-state index contributed by atoms with van der Waals surface area (Å²) in [4.78, 5) is 82.3. The first-order valence-corrected chi connectivity index (χ1v) is 24.6. The second kappa shape index (κ2) is 33.6. The summed E-state index contributed by atoms with van der Waals surface area (Å²) in [6.45, 7) is 18.0. The van der Waals surface area contributed by atoms with Crippen LogP contribution in [0.3, 0.4) is 0 Å². The highest BCUT2D eigenvalue weighted by Crippen LogP contribution is 2.28. The Bertz CT molecular complexity index is 1280. The fourth-order valence-corrected chi connectivity index (χ4v) is 7.32. The Morgan fingerprint density at radius 1 is 0.508 bits per heavy atom. The van der Waals surface area contributed by atoms with Crippen LogP contribution in [0.1, 0.15) is 171 Å². The number of esters is 5. The Labute approximate surface area is 385 Å². The molecule has 15 heteroatoms. The lowest BCUT2D eigenvalue weighted by atomic mass is 9.87. The molecule has 0 aromatic heterocycles. The second-order valence-electron chi connectivity index (χ2n) is 19.0. The van der Waals surface area contributed by atoms with E-state index < -0.39 is 52.3 Å². The van der Waals surface area contributed by atoms with Gasteiger partial charge in [0.2, 0.25) is 0 Å². The van der Waals surface area contributed by atoms with Gasteiger partial charge < -0.3 is 38.2 Å². The van der Waals surface area contributed by atoms with Crippen molar-refractivity contribution in [2.45, 2.75) is 184 Å². The fourth-order valence-electron chi connectivity index (χ4n) is 6.51. The molecule has 0 aliphatic rings. The van der Waals surface area contributed by atoms with Crippen LogP contribution < -0.4 is 0 Å². The topological polar surface area (TPSA) is 164 Å². The Balaban J connectivity index is 5.63. The van der Waals surface area contributed by atoms with E-state index in [1.54, 1.807) is 4.90 Å². The number of ether oxygens (including phenoxy) is 6. The Hall–Kier alpha value is -2.91. The number of unbranched alkanes of at least 4 members (excludes halogenated alkanes) is 6. The zero-order chi connectivity index (χ0) is 47.9. The molecule has 0 saturated carbocycles. The lowest BCUT2D eigenvalue weighted by molar-refractivity contribution is -0.173. The SMILES string of the molecule is CCCCCC(C)(C)C(=O)OCC(COC)OC(=O)CCCN(CCCC(=O)OC(COC(=O)C(C)(C)CCCCC)COC(=O)C(C)(C)CCCCC)C(=O)SCCCN(C)C. The molecule has 0 aromatic carbocycles. The third-order valence-electron chi connectivity index (χ3n) is 10.9. The van der Waals surface area contributed by atoms with Crippen molar-refractivity contribution in [3.8, 4) is 0 Å². The summed E-state index contributed by atoms with van der Waals surface area (Å²) in [6.07, 6.45) is 10.4. The summed E-state index contributed by atoms with van der Waals surface area (Å²) in [6, 6.07) is 0. The van der Waals surface area contributed by atoms with E-state index in [4.69, 9.17) is 28.4 Å². The molecule has 0 spiro atoms. The number of hydrogen-bond acceptors (Lipinski definition) is 14. The first kappa shape index (κ1) is 60.1. The van der Waals surface area contributed by atoms with Gasteiger partial charge in [0.15, 0.2) is 12.2 Å². The van der Waals surface area contributed by atoms with E-state index in [0.29, 0.717) is 31.4 Å². The molecule has 0 aliphatic heterocycles. The van der Waals surface area contributed by atoms with Crippen molar-refractivity contribution in [2.24, 2.45) is 16.2 Å². The number of amides is 1. The molecule has 0 bridgehead atoms. The Morgan fingerprint density at radius 3 is 1.21 bits per heavy atom. The van der Waals surface area contributed by atoms with Crippen LogP contribution in [0.25, 0.3) is 0 Å². The smallest absolute Gasteiger partial charge is 0.311 e. The van der Waals surface area contributed by atoms with E-state index in [1.165, 1.54) is 18.9 Å². The normalized spacial score (nSPS) is 12.5. The first-order chi connectivity index (χ1) is 29.6. The molecule has 368 valence electrons. The zero-order valence-electron chi connectivity index (χ0n) is 41.5. The quantitative estimate of drug-likeness (QED) is 0.0329. The molecule has 14 nitrogen and oxygen atoms in total. The lowest BCUT2D eigenvalue weighted by Gasteiger charge is -2.26. The van der Waals surface area contributed by atoms with Crippen LogP contribution in [-0.2, 0) is 52.4 Å². The number of carbonyl (C=O) groups is 6. The summed E-state index contributed by atoms with van der Waals surface area (Å²) in [7, 11) is 5.42. The highest BCUT2D eigenvalue weighted by atomic mass is 32.2. The molecular weight excluding hydrogens is 829 g/mol. The van der Waals surface area contributed by atoms with E-state index in [0.717, 1.165) is 70.8 Å². The van der Waals surface area contributed by atoms with E-state index in [9.17, 15) is 28.8 Å². The summed E-state index contributed by atoms with van der Waals surface area (Å²) >= 11 is 1.19. The van der Waals surface area contributed by atoms with Crippen LogP contribution in [0.2, 0.25) is 0 Å². The maximum atomic E-state index is 13.4. The fraction of sp³-hybridized carbons (Fsp3) is 0.875. The van der Waals surface area contributed by atoms with Gasteiger partial charge in [0, 0.05) is 38.8 Å². The van der Waals surface area contributed by atoms with E-state index in [-0.39, 0.29) is 70.0 Å². The Morgan fingerprint density at radius 2 is 0.873 bits per heavy atom. The van der Waals surface area contributed by atoms with Crippen molar-refractivity contribution in [3.05, 3.63) is 0 Å². The minimum absolute atomic E-state index is 0.0116. The largest absolute Gasteiger partial charge is 0.461 e. The number of methoxy groups -OCH3 is 1. The summed E-state index contributed by atoms with van der Waals surface area (Å²) in [5.41, 5.74) is -2.12. The molecule has 0 N–H and O–H groups in total. The van der Waals surface area contributed by atoms with Crippen LogP contribution in [0.5, 0.6) is 0 Å². The zero-order valence-corrected chi connectivity index (χ0v) is 42.4. The van der Waals surface area contributed by atoms with Crippen molar-refractivity contribution in [1.82, 2.24) is 9.80 Å². The lowest BCUT2D eigenvalue weighted by Crippen LogP contribution is -2.36. The van der Waals surface area contributed by atoms with Crippen molar-refractivity contribution in [1.29, 1.82) is 0 Å². The van der Waals surface area contributed by atoms with Gasteiger partial charge in [-0.25, -0.2) is 0 Å². The second-order valence-corrected chi connectivity index (χ2v) is 20.0. The molecule has 1 atom stereocenters. The van der Waals surface area contributed by atoms with Crippen molar-refractivity contribution < 1.29 is 57.2 Å². The highest BCUT2D eigenvalue weighted by Gasteiger charge is 2.33. The van der Waals surface area contributed by atoms with E-state index >= 15 is 0 Å². The van der Waals surface area contributed by atoms with E-state index in [1.807, 2.05) is 60.5 Å². The molecule has 0 rings (SSSR count). The highest BCUT2D eigenvalue weighted by molar-refractivity contribution is 8.13. The molecule has 1 unspecified atom stereocenters. The van der Waals surface area contributed by atoms with E-state index in [2.05, 4.69) is 20.8 Å². The first-order valence-electron chi connectivity index (χ1n) is 23.6. The minimum Gasteiger partial charge on any atom is -0.461 e. The minimum atomic E-state index is -1.01. The van der Waals surface area contributed by atoms with Crippen molar-refractivity contribution in [3.63, 3.8) is 0 Å². The molecule has 0 fully saturated rings. The van der Waals surface area contributed by atoms with Gasteiger partial charge in [-0.3, -0.25) is 28.8 Å². The third-order valence-corrected chi connectivity index (χ3v) is 11.9. The average molecular weight is 917 g/mol. The maximum absolute atomic E-state index is 13.4. The van der Waals surface area contributed by atoms with Crippen LogP contribution in [0.4, 0.5) is 4.79 Å². The number of hydrogen-bond donors (Lipinski definition) is 0. The monoisotopic (exact) mass is 917 g/mol. The molecule has 0 heterocycles. The van der Waals surface area contributed by atoms with Gasteiger partial charge in [-0.1, -0.05) is 90.3 Å². The summed E-state index contributed by atoms with van der Waals surface area (Å²) in [5, 5.41) is -0.166. The van der Waals surface area contributed by atoms with Gasteiger partial charge in [0.25, 0.3) is 5.24 Å². The summed E-state index contributed by atoms with van der Waals surface area (Å²) in [5.74, 6) is -1.67. The van der Waals surface area contributed by atoms with Crippen LogP contribution in [0, 0.1) is 16.2 Å². The molecule has 0 radical (unpaired) electrons. The van der Waals surface area contributed by atoms with Gasteiger partial charge in [-0.2, -0.15) is 0 Å². The van der Waals surface area contributed by atoms with Crippen LogP contribution >= 0.6 is 11.8 Å². The molecule has 0 aromatic rings. The summed E-state index contributed by atoms with van der Waals surface area (Å²) < 4.78 is 33.5. The maximum Gasteiger partial charge on any atom is 0.311 e. The number of thioether (sulfide) groups is 1. The standard InChI is InChI=1S/C48H88N2O12S/c1-13-16-19-27-46(4,5)42(53)58-35-38(34-57-12)61-40(51)25-22-31-50(45(56)63-33-24-30-49(10)11)32-23-26-41(52)62-39(36-59-43(54)47(6,7)28-20-17-14-2)37-60-44(55)48(8,9)29-21-18-15-3/h38-39H,13-37H2,1-12H3. The van der Waals surface area contributed by atoms with Gasteiger partial charge in [0.05, 0.1) is 22.9 Å². The number of carbonyl (C=O) groups excluding carboxylic acids is 6. The molecule has 1 amide bonds. The molecule has 0 aliphatic carbocycles. The average Bonchev–Trinajstić information content (AvgIpc) is 3.21. The Kier molecular flexibility index (Phi) is 32.0. The molecular formula is C48H88N2O12S. The van der Waals surface area contributed by atoms with Crippen LogP contribution in [0.15, 0.2) is 0 Å². The predicted octanol–water partition coefficient (Wildman–Crippen LogP) is 9.57. The predicted molar refractivity (Wildman–Crippen MR) is 249 cm³/mol. The van der Waals surface area contributed by atoms with Gasteiger partial charge in [-0.15, -0.1) is 0 Å². The number of nitrogens with zero attached hydrogens (tertiary/aromatic N) is 2. The molecule has 63 heavy (non-hydrogen) atoms. The van der Waals surface area contributed by atoms with Crippen LogP contribution in [-0.4, -0.2) is 130 Å². The number of rotatable bonds is 37. The third kappa shape index (κ3) is 28.6. The van der Waals surface area contributed by atoms with Crippen molar-refractivity contribution >= 4 is 46.8 Å². The molecule has 0 saturated heterocycles. The van der Waals surface area contributed by atoms with Gasteiger partial charge >= 0.3 is 29.8 Å². The van der Waals surface area contributed by atoms with Gasteiger partial charge in [0.1, 0.15) is 19.8 Å². The van der Waals surface area contributed by atoms with Crippen molar-refractivity contribution in [2.75, 3.05) is 73.0 Å². The van der Waals surface area contributed by atoms with Gasteiger partial charge in [-0.05, 0) is 101 Å².